The van der Waals surface area contributed by atoms with E-state index in [9.17, 15) is 0 Å². The van der Waals surface area contributed by atoms with Gasteiger partial charge < -0.3 is 0 Å². The quantitative estimate of drug-likeness (QED) is 0.360. The van der Waals surface area contributed by atoms with Crippen LogP contribution in [-0.2, 0) is 0 Å². The smallest absolute Gasteiger partial charge is 0.0490 e. The summed E-state index contributed by atoms with van der Waals surface area (Å²) in [4.78, 5) is 0. The summed E-state index contributed by atoms with van der Waals surface area (Å²) in [7, 11) is 0. The first-order chi connectivity index (χ1) is 10.3. The van der Waals surface area contributed by atoms with E-state index in [0.29, 0.717) is 0 Å². The van der Waals surface area contributed by atoms with E-state index in [4.69, 9.17) is 11.6 Å². The minimum Gasteiger partial charge on any atom is -0.0836 e. The van der Waals surface area contributed by atoms with Crippen molar-refractivity contribution in [1.82, 2.24) is 0 Å². The molecule has 0 heterocycles. The summed E-state index contributed by atoms with van der Waals surface area (Å²) in [6.45, 7) is 0. The fourth-order valence-corrected chi connectivity index (χ4v) is 3.24. The maximum atomic E-state index is 6.51. The van der Waals surface area contributed by atoms with Crippen molar-refractivity contribution in [1.29, 1.82) is 0 Å². The molecule has 0 fully saturated rings. The summed E-state index contributed by atoms with van der Waals surface area (Å²) < 4.78 is 0. The van der Waals surface area contributed by atoms with E-state index in [-0.39, 0.29) is 0 Å². The zero-order chi connectivity index (χ0) is 14.2. The lowest BCUT2D eigenvalue weighted by Gasteiger charge is -2.12. The van der Waals surface area contributed by atoms with Crippen LogP contribution in [0.25, 0.3) is 32.7 Å². The molecule has 0 amide bonds. The van der Waals surface area contributed by atoms with Crippen LogP contribution in [0.1, 0.15) is 0 Å². The number of halogens is 1. The van der Waals surface area contributed by atoms with Crippen molar-refractivity contribution >= 4 is 33.1 Å². The minimum atomic E-state index is 0.803. The van der Waals surface area contributed by atoms with Gasteiger partial charge in [-0.25, -0.2) is 0 Å². The molecule has 0 aliphatic heterocycles. The van der Waals surface area contributed by atoms with E-state index < -0.39 is 0 Å². The summed E-state index contributed by atoms with van der Waals surface area (Å²) in [5, 5.41) is 5.63. The second-order valence-electron chi connectivity index (χ2n) is 5.17. The molecule has 4 aromatic carbocycles. The first-order valence-electron chi connectivity index (χ1n) is 7.00. The molecule has 0 aliphatic carbocycles. The van der Waals surface area contributed by atoms with Gasteiger partial charge in [-0.1, -0.05) is 78.3 Å². The molecule has 100 valence electrons. The number of fused-ring (bicyclic) bond motifs is 3. The fourth-order valence-electron chi connectivity index (χ4n) is 2.96. The van der Waals surface area contributed by atoms with E-state index in [0.717, 1.165) is 10.4 Å². The van der Waals surface area contributed by atoms with Crippen molar-refractivity contribution in [2.24, 2.45) is 0 Å². The van der Waals surface area contributed by atoms with Gasteiger partial charge in [-0.2, -0.15) is 0 Å². The Morgan fingerprint density at radius 2 is 1.33 bits per heavy atom. The topological polar surface area (TPSA) is 0 Å². The molecule has 0 saturated carbocycles. The SMILES string of the molecule is Clc1cccc2c1c(-c1ccccc1)cc1ccccc12. The van der Waals surface area contributed by atoms with Crippen molar-refractivity contribution in [3.05, 3.63) is 83.9 Å². The van der Waals surface area contributed by atoms with Crippen molar-refractivity contribution in [2.45, 2.75) is 0 Å². The summed E-state index contributed by atoms with van der Waals surface area (Å²) in [6.07, 6.45) is 0. The second-order valence-corrected chi connectivity index (χ2v) is 5.58. The normalized spacial score (nSPS) is 11.1. The molecule has 0 aromatic heterocycles. The summed E-state index contributed by atoms with van der Waals surface area (Å²) >= 11 is 6.51. The second kappa shape index (κ2) is 4.91. The average Bonchev–Trinajstić information content (AvgIpc) is 2.55. The third kappa shape index (κ3) is 2.00. The van der Waals surface area contributed by atoms with Crippen LogP contribution in [0.5, 0.6) is 0 Å². The van der Waals surface area contributed by atoms with E-state index in [2.05, 4.69) is 60.7 Å². The lowest BCUT2D eigenvalue weighted by molar-refractivity contribution is 1.66. The Bertz CT molecular complexity index is 940. The molecule has 0 spiro atoms. The molecule has 0 saturated heterocycles. The van der Waals surface area contributed by atoms with Crippen LogP contribution in [0, 0.1) is 0 Å². The third-order valence-corrected chi connectivity index (χ3v) is 4.23. The van der Waals surface area contributed by atoms with Crippen LogP contribution < -0.4 is 0 Å². The maximum absolute atomic E-state index is 6.51. The van der Waals surface area contributed by atoms with Gasteiger partial charge in [0.2, 0.25) is 0 Å². The molecule has 0 atom stereocenters. The monoisotopic (exact) mass is 288 g/mol. The van der Waals surface area contributed by atoms with E-state index >= 15 is 0 Å². The Labute approximate surface area is 128 Å². The van der Waals surface area contributed by atoms with Crippen molar-refractivity contribution < 1.29 is 0 Å². The molecule has 0 radical (unpaired) electrons. The minimum absolute atomic E-state index is 0.803. The molecule has 0 N–H and O–H groups in total. The highest BCUT2D eigenvalue weighted by Crippen LogP contribution is 2.38. The van der Waals surface area contributed by atoms with Gasteiger partial charge in [0.15, 0.2) is 0 Å². The van der Waals surface area contributed by atoms with Gasteiger partial charge in [-0.15, -0.1) is 0 Å². The van der Waals surface area contributed by atoms with Crippen LogP contribution in [0.4, 0.5) is 0 Å². The maximum Gasteiger partial charge on any atom is 0.0490 e. The van der Waals surface area contributed by atoms with Crippen LogP contribution in [-0.4, -0.2) is 0 Å². The van der Waals surface area contributed by atoms with E-state index in [1.165, 1.54) is 27.3 Å². The van der Waals surface area contributed by atoms with Crippen LogP contribution in [0.2, 0.25) is 5.02 Å². The van der Waals surface area contributed by atoms with Crippen molar-refractivity contribution in [2.75, 3.05) is 0 Å². The molecule has 4 rings (SSSR count). The number of rotatable bonds is 1. The first-order valence-corrected chi connectivity index (χ1v) is 7.38. The van der Waals surface area contributed by atoms with E-state index in [1.54, 1.807) is 0 Å². The Hall–Kier alpha value is -2.31. The van der Waals surface area contributed by atoms with Crippen molar-refractivity contribution in [3.8, 4) is 11.1 Å². The van der Waals surface area contributed by atoms with Gasteiger partial charge in [0.05, 0.1) is 0 Å². The zero-order valence-corrected chi connectivity index (χ0v) is 12.1. The Morgan fingerprint density at radius 3 is 2.19 bits per heavy atom. The average molecular weight is 289 g/mol. The molecule has 4 aromatic rings. The standard InChI is InChI=1S/C20H13Cl/c21-19-12-6-11-17-16-10-5-4-9-15(16)13-18(20(17)19)14-7-2-1-3-8-14/h1-13H. The largest absolute Gasteiger partial charge is 0.0836 e. The molecule has 21 heavy (non-hydrogen) atoms. The number of hydrogen-bond donors (Lipinski definition) is 0. The lowest BCUT2D eigenvalue weighted by Crippen LogP contribution is -1.85. The molecular weight excluding hydrogens is 276 g/mol. The molecule has 1 heteroatoms. The third-order valence-electron chi connectivity index (χ3n) is 3.92. The van der Waals surface area contributed by atoms with E-state index in [1.807, 2.05) is 18.2 Å². The van der Waals surface area contributed by atoms with Gasteiger partial charge in [-0.3, -0.25) is 0 Å². The van der Waals surface area contributed by atoms with Crippen molar-refractivity contribution in [3.63, 3.8) is 0 Å². The Morgan fingerprint density at radius 1 is 0.619 bits per heavy atom. The highest BCUT2D eigenvalue weighted by Gasteiger charge is 2.10. The Balaban J connectivity index is 2.23. The molecule has 0 unspecified atom stereocenters. The molecular formula is C20H13Cl. The fraction of sp³-hybridized carbons (Fsp3) is 0. The molecule has 0 aliphatic rings. The summed E-state index contributed by atoms with van der Waals surface area (Å²) in [5.41, 5.74) is 2.39. The zero-order valence-electron chi connectivity index (χ0n) is 11.4. The molecule has 0 nitrogen and oxygen atoms in total. The predicted molar refractivity (Wildman–Crippen MR) is 91.9 cm³/mol. The van der Waals surface area contributed by atoms with Gasteiger partial charge in [0.25, 0.3) is 0 Å². The number of benzene rings is 4. The lowest BCUT2D eigenvalue weighted by atomic mass is 9.93. The Kier molecular flexibility index (Phi) is 2.90. The van der Waals surface area contributed by atoms with Gasteiger partial charge in [0.1, 0.15) is 0 Å². The first kappa shape index (κ1) is 12.4. The highest BCUT2D eigenvalue weighted by atomic mass is 35.5. The summed E-state index contributed by atoms with van der Waals surface area (Å²) in [6, 6.07) is 27.3. The number of hydrogen-bond acceptors (Lipinski definition) is 0. The van der Waals surface area contributed by atoms with Gasteiger partial charge in [-0.05, 0) is 39.4 Å². The van der Waals surface area contributed by atoms with Crippen LogP contribution in [0.15, 0.2) is 78.9 Å². The molecule has 0 bridgehead atoms. The van der Waals surface area contributed by atoms with Gasteiger partial charge in [0, 0.05) is 10.4 Å². The predicted octanol–water partition coefficient (Wildman–Crippen LogP) is 6.31. The summed E-state index contributed by atoms with van der Waals surface area (Å²) in [5.74, 6) is 0. The van der Waals surface area contributed by atoms with Crippen LogP contribution >= 0.6 is 11.6 Å². The highest BCUT2D eigenvalue weighted by molar-refractivity contribution is 6.38. The van der Waals surface area contributed by atoms with Crippen LogP contribution in [0.3, 0.4) is 0 Å². The van der Waals surface area contributed by atoms with Gasteiger partial charge >= 0.3 is 0 Å².